The van der Waals surface area contributed by atoms with Gasteiger partial charge in [-0.25, -0.2) is 0 Å². The van der Waals surface area contributed by atoms with Gasteiger partial charge in [0, 0.05) is 27.9 Å². The van der Waals surface area contributed by atoms with Crippen LogP contribution in [0.25, 0.3) is 0 Å². The van der Waals surface area contributed by atoms with Crippen molar-refractivity contribution >= 4 is 26.1 Å². The minimum atomic E-state index is -2.70. The van der Waals surface area contributed by atoms with Crippen LogP contribution in [0.1, 0.15) is 33.1 Å². The van der Waals surface area contributed by atoms with Crippen LogP contribution in [0.15, 0.2) is 0 Å². The molecule has 0 saturated carbocycles. The van der Waals surface area contributed by atoms with Crippen LogP contribution < -0.4 is 10.6 Å². The van der Waals surface area contributed by atoms with Crippen molar-refractivity contribution in [2.24, 2.45) is 0 Å². The van der Waals surface area contributed by atoms with Crippen molar-refractivity contribution in [2.75, 3.05) is 27.9 Å². The molecule has 0 aromatic heterocycles. The fourth-order valence-corrected chi connectivity index (χ4v) is 4.23. The highest BCUT2D eigenvalue weighted by molar-refractivity contribution is 7.80. The average molecular weight is 294 g/mol. The third-order valence-electron chi connectivity index (χ3n) is 2.81. The molecule has 0 aliphatic rings. The van der Waals surface area contributed by atoms with Gasteiger partial charge in [0.2, 0.25) is 0 Å². The van der Waals surface area contributed by atoms with Crippen LogP contribution >= 0.6 is 12.2 Å². The van der Waals surface area contributed by atoms with E-state index in [4.69, 9.17) is 25.5 Å². The summed E-state index contributed by atoms with van der Waals surface area (Å²) in [5.74, 6) is 0. The molecule has 0 spiro atoms. The molecule has 0 rings (SSSR count). The van der Waals surface area contributed by atoms with Crippen molar-refractivity contribution in [2.45, 2.75) is 38.8 Å². The van der Waals surface area contributed by atoms with Crippen molar-refractivity contribution in [3.63, 3.8) is 0 Å². The van der Waals surface area contributed by atoms with Gasteiger partial charge in [0.1, 0.15) is 0 Å². The number of hydrogen-bond donors (Lipinski definition) is 2. The highest BCUT2D eigenvalue weighted by atomic mass is 32.1. The van der Waals surface area contributed by atoms with E-state index >= 15 is 0 Å². The quantitative estimate of drug-likeness (QED) is 0.381. The second kappa shape index (κ2) is 9.68. The lowest BCUT2D eigenvalue weighted by atomic mass is 10.3. The Bertz CT molecular complexity index is 232. The fraction of sp³-hybridized carbons (Fsp3) is 0.909. The summed E-state index contributed by atoms with van der Waals surface area (Å²) in [5, 5.41) is 7.02. The lowest BCUT2D eigenvalue weighted by molar-refractivity contribution is 0.109. The Labute approximate surface area is 117 Å². The first-order valence-corrected chi connectivity index (χ1v) is 8.50. The van der Waals surface area contributed by atoms with E-state index < -0.39 is 8.80 Å². The first-order valence-electron chi connectivity index (χ1n) is 6.29. The Balaban J connectivity index is 4.43. The van der Waals surface area contributed by atoms with E-state index in [1.54, 1.807) is 21.3 Å². The second-order valence-electron chi connectivity index (χ2n) is 3.93. The van der Waals surface area contributed by atoms with E-state index in [-0.39, 0.29) is 5.67 Å². The molecule has 18 heavy (non-hydrogen) atoms. The van der Waals surface area contributed by atoms with E-state index in [9.17, 15) is 0 Å². The predicted octanol–water partition coefficient (Wildman–Crippen LogP) is 1.45. The van der Waals surface area contributed by atoms with E-state index in [1.165, 1.54) is 0 Å². The van der Waals surface area contributed by atoms with Crippen LogP contribution in [0.3, 0.4) is 0 Å². The first kappa shape index (κ1) is 17.8. The van der Waals surface area contributed by atoms with Crippen LogP contribution in [0.2, 0.25) is 0 Å². The zero-order chi connectivity index (χ0) is 14.0. The molecule has 2 N–H and O–H groups in total. The van der Waals surface area contributed by atoms with E-state index in [0.717, 1.165) is 25.8 Å². The highest BCUT2D eigenvalue weighted by Gasteiger charge is 2.47. The van der Waals surface area contributed by atoms with Gasteiger partial charge in [-0.05, 0) is 25.1 Å². The zero-order valence-corrected chi connectivity index (χ0v) is 13.9. The SMILES string of the molecule is CCCCNC(=S)NC(CC)[Si](OC)(OC)OC. The summed E-state index contributed by atoms with van der Waals surface area (Å²) in [6.07, 6.45) is 3.05. The fourth-order valence-electron chi connectivity index (χ4n) is 1.71. The molecule has 0 fully saturated rings. The predicted molar refractivity (Wildman–Crippen MR) is 79.5 cm³/mol. The normalized spacial score (nSPS) is 13.2. The maximum Gasteiger partial charge on any atom is 0.523 e. The number of hydrogen-bond acceptors (Lipinski definition) is 4. The minimum Gasteiger partial charge on any atom is -0.376 e. The second-order valence-corrected chi connectivity index (χ2v) is 7.47. The number of rotatable bonds is 9. The average Bonchev–Trinajstić information content (AvgIpc) is 2.40. The topological polar surface area (TPSA) is 51.8 Å². The van der Waals surface area contributed by atoms with Crippen molar-refractivity contribution in [1.29, 1.82) is 0 Å². The monoisotopic (exact) mass is 294 g/mol. The standard InChI is InChI=1S/C11H26N2O3SSi/c1-6-8-9-12-11(17)13-10(7-2)18(14-3,15-4)16-5/h10H,6-9H2,1-5H3,(H2,12,13,17). The zero-order valence-electron chi connectivity index (χ0n) is 12.0. The molecule has 0 amide bonds. The summed E-state index contributed by atoms with van der Waals surface area (Å²) in [6, 6.07) is 0. The molecule has 0 aromatic carbocycles. The maximum absolute atomic E-state index is 5.46. The van der Waals surface area contributed by atoms with Gasteiger partial charge >= 0.3 is 8.80 Å². The molecular formula is C11H26N2O3SSi. The Morgan fingerprint density at radius 3 is 2.11 bits per heavy atom. The van der Waals surface area contributed by atoms with E-state index in [0.29, 0.717) is 5.11 Å². The molecule has 0 aliphatic carbocycles. The van der Waals surface area contributed by atoms with E-state index in [1.807, 2.05) is 6.92 Å². The van der Waals surface area contributed by atoms with Crippen molar-refractivity contribution in [1.82, 2.24) is 10.6 Å². The van der Waals surface area contributed by atoms with Crippen molar-refractivity contribution in [3.8, 4) is 0 Å². The summed E-state index contributed by atoms with van der Waals surface area (Å²) in [6.45, 7) is 5.07. The van der Waals surface area contributed by atoms with Gasteiger partial charge in [-0.3, -0.25) is 0 Å². The summed E-state index contributed by atoms with van der Waals surface area (Å²) in [4.78, 5) is 0. The van der Waals surface area contributed by atoms with E-state index in [2.05, 4.69) is 17.6 Å². The molecule has 1 atom stereocenters. The lowest BCUT2D eigenvalue weighted by Gasteiger charge is -2.32. The number of thiocarbonyl (C=S) groups is 1. The van der Waals surface area contributed by atoms with Crippen LogP contribution in [-0.4, -0.2) is 47.5 Å². The molecule has 5 nitrogen and oxygen atoms in total. The molecular weight excluding hydrogens is 268 g/mol. The molecule has 7 heteroatoms. The largest absolute Gasteiger partial charge is 0.523 e. The first-order chi connectivity index (χ1) is 8.60. The molecule has 0 aliphatic heterocycles. The van der Waals surface area contributed by atoms with Crippen LogP contribution in [-0.2, 0) is 13.3 Å². The third kappa shape index (κ3) is 5.19. The summed E-state index contributed by atoms with van der Waals surface area (Å²) in [7, 11) is 2.13. The molecule has 0 radical (unpaired) electrons. The molecule has 1 unspecified atom stereocenters. The molecule has 0 heterocycles. The van der Waals surface area contributed by atoms with Gasteiger partial charge in [0.05, 0.1) is 5.67 Å². The number of nitrogens with one attached hydrogen (secondary N) is 2. The maximum atomic E-state index is 5.46. The Morgan fingerprint density at radius 1 is 1.17 bits per heavy atom. The van der Waals surface area contributed by atoms with Crippen LogP contribution in [0, 0.1) is 0 Å². The van der Waals surface area contributed by atoms with Gasteiger partial charge in [-0.2, -0.15) is 0 Å². The van der Waals surface area contributed by atoms with Crippen LogP contribution in [0.4, 0.5) is 0 Å². The highest BCUT2D eigenvalue weighted by Crippen LogP contribution is 2.14. The molecule has 0 bridgehead atoms. The van der Waals surface area contributed by atoms with Crippen molar-refractivity contribution in [3.05, 3.63) is 0 Å². The third-order valence-corrected chi connectivity index (χ3v) is 6.19. The molecule has 108 valence electrons. The van der Waals surface area contributed by atoms with Gasteiger partial charge in [-0.15, -0.1) is 0 Å². The van der Waals surface area contributed by atoms with Crippen LogP contribution in [0.5, 0.6) is 0 Å². The molecule has 0 aromatic rings. The summed E-state index contributed by atoms with van der Waals surface area (Å²) in [5.41, 5.74) is -0.0425. The minimum absolute atomic E-state index is 0.0425. The summed E-state index contributed by atoms with van der Waals surface area (Å²) >= 11 is 5.26. The van der Waals surface area contributed by atoms with Gasteiger partial charge in [0.15, 0.2) is 5.11 Å². The van der Waals surface area contributed by atoms with Gasteiger partial charge in [0.25, 0.3) is 0 Å². The van der Waals surface area contributed by atoms with Crippen molar-refractivity contribution < 1.29 is 13.3 Å². The summed E-state index contributed by atoms with van der Waals surface area (Å²) < 4.78 is 16.4. The Morgan fingerprint density at radius 2 is 1.72 bits per heavy atom. The lowest BCUT2D eigenvalue weighted by Crippen LogP contribution is -2.62. The number of unbranched alkanes of at least 4 members (excludes halogenated alkanes) is 1. The molecule has 0 saturated heterocycles. The van der Waals surface area contributed by atoms with Gasteiger partial charge < -0.3 is 23.9 Å². The smallest absolute Gasteiger partial charge is 0.376 e. The Hall–Kier alpha value is -0.213. The Kier molecular flexibility index (Phi) is 9.57. The van der Waals surface area contributed by atoms with Gasteiger partial charge in [-0.1, -0.05) is 20.3 Å².